The van der Waals surface area contributed by atoms with Gasteiger partial charge < -0.3 is 15.4 Å². The van der Waals surface area contributed by atoms with Crippen LogP contribution in [0.5, 0.6) is 0 Å². The van der Waals surface area contributed by atoms with Crippen LogP contribution in [0, 0.1) is 19.8 Å². The summed E-state index contributed by atoms with van der Waals surface area (Å²) in [4.78, 5) is 12.9. The SMILES string of the molecule is CCCNc1ccc(-c2cc(C)c(-c3ccc(NCC(C)C)cc3)c(C(=O)OC)c2C)cc1. The summed E-state index contributed by atoms with van der Waals surface area (Å²) < 4.78 is 5.22. The number of carbonyl (C=O) groups excluding carboxylic acids is 1. The first-order valence-corrected chi connectivity index (χ1v) is 11.8. The smallest absolute Gasteiger partial charge is 0.338 e. The summed E-state index contributed by atoms with van der Waals surface area (Å²) >= 11 is 0. The topological polar surface area (TPSA) is 50.4 Å². The first-order chi connectivity index (χ1) is 15.8. The Kier molecular flexibility index (Phi) is 8.16. The van der Waals surface area contributed by atoms with E-state index in [0.29, 0.717) is 11.5 Å². The van der Waals surface area contributed by atoms with Gasteiger partial charge in [-0.15, -0.1) is 0 Å². The second-order valence-electron chi connectivity index (χ2n) is 8.96. The van der Waals surface area contributed by atoms with Crippen molar-refractivity contribution in [3.05, 3.63) is 71.3 Å². The van der Waals surface area contributed by atoms with Crippen molar-refractivity contribution in [2.75, 3.05) is 30.8 Å². The van der Waals surface area contributed by atoms with Crippen molar-refractivity contribution in [2.24, 2.45) is 5.92 Å². The summed E-state index contributed by atoms with van der Waals surface area (Å²) in [6.07, 6.45) is 1.08. The number of methoxy groups -OCH3 is 1. The quantitative estimate of drug-likeness (QED) is 0.340. The summed E-state index contributed by atoms with van der Waals surface area (Å²) in [6.45, 7) is 12.5. The van der Waals surface area contributed by atoms with Gasteiger partial charge in [0.25, 0.3) is 0 Å². The van der Waals surface area contributed by atoms with Gasteiger partial charge in [0.2, 0.25) is 0 Å². The highest BCUT2D eigenvalue weighted by Gasteiger charge is 2.22. The van der Waals surface area contributed by atoms with E-state index in [4.69, 9.17) is 4.74 Å². The van der Waals surface area contributed by atoms with Gasteiger partial charge in [-0.1, -0.05) is 51.1 Å². The number of ether oxygens (including phenoxy) is 1. The molecule has 0 fully saturated rings. The summed E-state index contributed by atoms with van der Waals surface area (Å²) in [5, 5.41) is 6.86. The van der Waals surface area contributed by atoms with E-state index < -0.39 is 0 Å². The molecule has 0 radical (unpaired) electrons. The average molecular weight is 445 g/mol. The number of aryl methyl sites for hydroxylation is 1. The van der Waals surface area contributed by atoms with Crippen LogP contribution in [-0.2, 0) is 4.74 Å². The van der Waals surface area contributed by atoms with Crippen LogP contribution >= 0.6 is 0 Å². The lowest BCUT2D eigenvalue weighted by molar-refractivity contribution is 0.0601. The minimum atomic E-state index is -0.310. The Bertz CT molecular complexity index is 1080. The van der Waals surface area contributed by atoms with Crippen molar-refractivity contribution in [2.45, 2.75) is 41.0 Å². The molecule has 0 amide bonds. The molecule has 0 unspecified atom stereocenters. The van der Waals surface area contributed by atoms with Crippen LogP contribution < -0.4 is 10.6 Å². The van der Waals surface area contributed by atoms with Crippen molar-refractivity contribution >= 4 is 17.3 Å². The number of hydrogen-bond donors (Lipinski definition) is 2. The highest BCUT2D eigenvalue weighted by Crippen LogP contribution is 2.37. The zero-order valence-corrected chi connectivity index (χ0v) is 20.7. The highest BCUT2D eigenvalue weighted by atomic mass is 16.5. The molecule has 3 rings (SSSR count). The number of carbonyl (C=O) groups is 1. The number of anilines is 2. The van der Waals surface area contributed by atoms with Crippen LogP contribution in [0.1, 0.15) is 48.7 Å². The van der Waals surface area contributed by atoms with Crippen molar-refractivity contribution in [3.8, 4) is 22.3 Å². The van der Waals surface area contributed by atoms with Crippen LogP contribution in [0.25, 0.3) is 22.3 Å². The Hall–Kier alpha value is -3.27. The van der Waals surface area contributed by atoms with E-state index >= 15 is 0 Å². The average Bonchev–Trinajstić information content (AvgIpc) is 2.82. The van der Waals surface area contributed by atoms with Gasteiger partial charge in [-0.2, -0.15) is 0 Å². The minimum Gasteiger partial charge on any atom is -0.465 e. The zero-order valence-electron chi connectivity index (χ0n) is 20.7. The lowest BCUT2D eigenvalue weighted by Gasteiger charge is -2.19. The lowest BCUT2D eigenvalue weighted by Crippen LogP contribution is -2.09. The third-order valence-electron chi connectivity index (χ3n) is 5.84. The molecule has 174 valence electrons. The summed E-state index contributed by atoms with van der Waals surface area (Å²) in [5.41, 5.74) is 8.86. The third-order valence-corrected chi connectivity index (χ3v) is 5.84. The molecule has 0 aliphatic rings. The standard InChI is InChI=1S/C29H36N2O2/c1-7-16-30-24-12-8-22(9-13-24)26-17-20(4)27(28(21(26)5)29(32)33-6)23-10-14-25(15-11-23)31-18-19(2)3/h8-15,17,19,30-31H,7,16,18H2,1-6H3. The zero-order chi connectivity index (χ0) is 24.0. The molecule has 0 atom stereocenters. The number of esters is 1. The van der Waals surface area contributed by atoms with E-state index in [9.17, 15) is 4.79 Å². The molecule has 0 aliphatic carbocycles. The molecular formula is C29H36N2O2. The fourth-order valence-electron chi connectivity index (χ4n) is 4.06. The largest absolute Gasteiger partial charge is 0.465 e. The van der Waals surface area contributed by atoms with Crippen molar-refractivity contribution in [1.82, 2.24) is 0 Å². The van der Waals surface area contributed by atoms with Gasteiger partial charge in [-0.05, 0) is 83.8 Å². The molecule has 4 nitrogen and oxygen atoms in total. The number of hydrogen-bond acceptors (Lipinski definition) is 4. The van der Waals surface area contributed by atoms with E-state index in [1.54, 1.807) is 0 Å². The lowest BCUT2D eigenvalue weighted by atomic mass is 9.86. The van der Waals surface area contributed by atoms with Crippen LogP contribution in [-0.4, -0.2) is 26.2 Å². The second kappa shape index (κ2) is 11.0. The molecule has 4 heteroatoms. The van der Waals surface area contributed by atoms with Gasteiger partial charge in [0.15, 0.2) is 0 Å². The molecule has 0 aromatic heterocycles. The van der Waals surface area contributed by atoms with Gasteiger partial charge in [0, 0.05) is 24.5 Å². The fraction of sp³-hybridized carbons (Fsp3) is 0.345. The minimum absolute atomic E-state index is 0.310. The monoisotopic (exact) mass is 444 g/mol. The molecule has 0 heterocycles. The molecule has 3 aromatic carbocycles. The molecule has 0 bridgehead atoms. The summed E-state index contributed by atoms with van der Waals surface area (Å²) in [7, 11) is 1.45. The number of rotatable bonds is 9. The molecule has 0 saturated carbocycles. The Morgan fingerprint density at radius 2 is 1.48 bits per heavy atom. The molecular weight excluding hydrogens is 408 g/mol. The Morgan fingerprint density at radius 1 is 0.909 bits per heavy atom. The molecule has 33 heavy (non-hydrogen) atoms. The number of nitrogens with one attached hydrogen (secondary N) is 2. The maximum Gasteiger partial charge on any atom is 0.338 e. The molecule has 2 N–H and O–H groups in total. The Balaban J connectivity index is 2.04. The predicted octanol–water partition coefficient (Wildman–Crippen LogP) is 7.31. The van der Waals surface area contributed by atoms with E-state index in [0.717, 1.165) is 64.3 Å². The van der Waals surface area contributed by atoms with E-state index in [1.807, 2.05) is 6.92 Å². The normalized spacial score (nSPS) is 10.9. The van der Waals surface area contributed by atoms with Gasteiger partial charge in [0.05, 0.1) is 12.7 Å². The number of benzene rings is 3. The Morgan fingerprint density at radius 3 is 2.03 bits per heavy atom. The van der Waals surface area contributed by atoms with E-state index in [2.05, 4.69) is 92.9 Å². The van der Waals surface area contributed by atoms with Gasteiger partial charge in [-0.3, -0.25) is 0 Å². The fourth-order valence-corrected chi connectivity index (χ4v) is 4.06. The van der Waals surface area contributed by atoms with Crippen molar-refractivity contribution < 1.29 is 9.53 Å². The van der Waals surface area contributed by atoms with Gasteiger partial charge in [-0.25, -0.2) is 4.79 Å². The van der Waals surface area contributed by atoms with Crippen LogP contribution in [0.3, 0.4) is 0 Å². The van der Waals surface area contributed by atoms with Crippen LogP contribution in [0.15, 0.2) is 54.6 Å². The predicted molar refractivity (Wildman–Crippen MR) is 140 cm³/mol. The van der Waals surface area contributed by atoms with Crippen LogP contribution in [0.2, 0.25) is 0 Å². The maximum absolute atomic E-state index is 12.9. The van der Waals surface area contributed by atoms with E-state index in [1.165, 1.54) is 7.11 Å². The summed E-state index contributed by atoms with van der Waals surface area (Å²) in [6, 6.07) is 18.9. The molecule has 3 aromatic rings. The van der Waals surface area contributed by atoms with Gasteiger partial charge in [0.1, 0.15) is 0 Å². The maximum atomic E-state index is 12.9. The van der Waals surface area contributed by atoms with E-state index in [-0.39, 0.29) is 5.97 Å². The molecule has 0 spiro atoms. The Labute approximate surface area is 198 Å². The summed E-state index contributed by atoms with van der Waals surface area (Å²) in [5.74, 6) is 0.264. The van der Waals surface area contributed by atoms with Gasteiger partial charge >= 0.3 is 5.97 Å². The third kappa shape index (κ3) is 5.75. The van der Waals surface area contributed by atoms with Crippen molar-refractivity contribution in [3.63, 3.8) is 0 Å². The molecule has 0 aliphatic heterocycles. The first kappa shape index (κ1) is 24.4. The van der Waals surface area contributed by atoms with Crippen LogP contribution in [0.4, 0.5) is 11.4 Å². The molecule has 0 saturated heterocycles. The highest BCUT2D eigenvalue weighted by molar-refractivity contribution is 6.02. The second-order valence-corrected chi connectivity index (χ2v) is 8.96. The first-order valence-electron chi connectivity index (χ1n) is 11.8. The van der Waals surface area contributed by atoms with Crippen molar-refractivity contribution in [1.29, 1.82) is 0 Å².